The molecule has 0 saturated carbocycles. The Balaban J connectivity index is 2.77. The molecule has 1 aromatic carbocycles. The van der Waals surface area contributed by atoms with Gasteiger partial charge in [0.1, 0.15) is 6.10 Å². The smallest absolute Gasteiger partial charge is 0.139 e. The summed E-state index contributed by atoms with van der Waals surface area (Å²) in [7, 11) is 0. The van der Waals surface area contributed by atoms with Crippen LogP contribution in [0.2, 0.25) is 0 Å². The summed E-state index contributed by atoms with van der Waals surface area (Å²) in [5.41, 5.74) is 1.83. The second-order valence-corrected chi connectivity index (χ2v) is 3.33. The summed E-state index contributed by atoms with van der Waals surface area (Å²) in [5, 5.41) is 9.39. The zero-order chi connectivity index (χ0) is 11.3. The number of rotatable bonds is 4. The Hall–Kier alpha value is -1.30. The fraction of sp³-hybridized carbons (Fsp3) is 0.385. The highest BCUT2D eigenvalue weighted by Gasteiger charge is 2.06. The van der Waals surface area contributed by atoms with Crippen LogP contribution < -0.4 is 0 Å². The van der Waals surface area contributed by atoms with Crippen LogP contribution in [0.5, 0.6) is 0 Å². The molecule has 0 bridgehead atoms. The van der Waals surface area contributed by atoms with E-state index in [2.05, 4.69) is 5.92 Å². The van der Waals surface area contributed by atoms with Gasteiger partial charge in [-0.3, -0.25) is 0 Å². The lowest BCUT2D eigenvalue weighted by Gasteiger charge is -2.12. The standard InChI is InChI=1S/C13H16O2/c1-4-13(14)12-8-6-11(7-9-12)10(3)15-5-2/h1,6-10,13-14H,5H2,2-3H3. The van der Waals surface area contributed by atoms with Crippen molar-refractivity contribution in [2.24, 2.45) is 0 Å². The van der Waals surface area contributed by atoms with Crippen LogP contribution >= 0.6 is 0 Å². The van der Waals surface area contributed by atoms with Crippen molar-refractivity contribution in [3.8, 4) is 12.3 Å². The van der Waals surface area contributed by atoms with Gasteiger partial charge in [0.2, 0.25) is 0 Å². The van der Waals surface area contributed by atoms with Crippen molar-refractivity contribution in [1.29, 1.82) is 0 Å². The number of ether oxygens (including phenoxy) is 1. The topological polar surface area (TPSA) is 29.5 Å². The van der Waals surface area contributed by atoms with E-state index >= 15 is 0 Å². The fourth-order valence-corrected chi connectivity index (χ4v) is 1.39. The molecule has 2 unspecified atom stereocenters. The van der Waals surface area contributed by atoms with Crippen LogP contribution in [0.25, 0.3) is 0 Å². The van der Waals surface area contributed by atoms with Crippen LogP contribution in [0.1, 0.15) is 37.2 Å². The van der Waals surface area contributed by atoms with Gasteiger partial charge in [-0.25, -0.2) is 0 Å². The monoisotopic (exact) mass is 204 g/mol. The molecule has 80 valence electrons. The predicted molar refractivity (Wildman–Crippen MR) is 60.3 cm³/mol. The van der Waals surface area contributed by atoms with E-state index in [9.17, 15) is 5.11 Å². The first kappa shape index (κ1) is 11.8. The maximum atomic E-state index is 9.39. The molecule has 2 nitrogen and oxygen atoms in total. The molecule has 1 aromatic rings. The minimum absolute atomic E-state index is 0.0760. The van der Waals surface area contributed by atoms with Gasteiger partial charge < -0.3 is 9.84 Å². The summed E-state index contributed by atoms with van der Waals surface area (Å²) >= 11 is 0. The van der Waals surface area contributed by atoms with Crippen molar-refractivity contribution >= 4 is 0 Å². The van der Waals surface area contributed by atoms with E-state index in [1.54, 1.807) is 0 Å². The average molecular weight is 204 g/mol. The number of terminal acetylenes is 1. The average Bonchev–Trinajstić information content (AvgIpc) is 2.28. The van der Waals surface area contributed by atoms with E-state index < -0.39 is 6.10 Å². The lowest BCUT2D eigenvalue weighted by Crippen LogP contribution is -2.00. The van der Waals surface area contributed by atoms with Crippen molar-refractivity contribution in [3.05, 3.63) is 35.4 Å². The molecular formula is C13H16O2. The minimum Gasteiger partial charge on any atom is -0.376 e. The van der Waals surface area contributed by atoms with E-state index in [0.29, 0.717) is 6.61 Å². The molecule has 0 heterocycles. The van der Waals surface area contributed by atoms with Crippen molar-refractivity contribution in [2.75, 3.05) is 6.61 Å². The van der Waals surface area contributed by atoms with Crippen molar-refractivity contribution in [3.63, 3.8) is 0 Å². The number of aliphatic hydroxyl groups is 1. The quantitative estimate of drug-likeness (QED) is 0.763. The molecule has 1 rings (SSSR count). The molecular weight excluding hydrogens is 188 g/mol. The lowest BCUT2D eigenvalue weighted by atomic mass is 10.0. The highest BCUT2D eigenvalue weighted by molar-refractivity contribution is 5.28. The van der Waals surface area contributed by atoms with Crippen molar-refractivity contribution < 1.29 is 9.84 Å². The molecule has 1 N–H and O–H groups in total. The largest absolute Gasteiger partial charge is 0.376 e. The van der Waals surface area contributed by atoms with Crippen LogP contribution in [0.4, 0.5) is 0 Å². The molecule has 2 heteroatoms. The molecule has 0 amide bonds. The van der Waals surface area contributed by atoms with Gasteiger partial charge in [-0.15, -0.1) is 6.42 Å². The normalized spacial score (nSPS) is 14.3. The number of hydrogen-bond donors (Lipinski definition) is 1. The molecule has 0 fully saturated rings. The predicted octanol–water partition coefficient (Wildman–Crippen LogP) is 2.45. The molecule has 0 radical (unpaired) electrons. The molecule has 15 heavy (non-hydrogen) atoms. The molecule has 0 aliphatic rings. The Kier molecular flexibility index (Phi) is 4.36. The molecule has 0 spiro atoms. The Morgan fingerprint density at radius 2 is 1.87 bits per heavy atom. The van der Waals surface area contributed by atoms with Crippen molar-refractivity contribution in [2.45, 2.75) is 26.1 Å². The maximum absolute atomic E-state index is 9.39. The molecule has 0 aliphatic heterocycles. The first-order valence-corrected chi connectivity index (χ1v) is 5.04. The molecule has 0 saturated heterocycles. The fourth-order valence-electron chi connectivity index (χ4n) is 1.39. The van der Waals surface area contributed by atoms with Gasteiger partial charge in [0.25, 0.3) is 0 Å². The van der Waals surface area contributed by atoms with Gasteiger partial charge in [-0.1, -0.05) is 30.2 Å². The Morgan fingerprint density at radius 1 is 1.33 bits per heavy atom. The third kappa shape index (κ3) is 3.09. The van der Waals surface area contributed by atoms with Gasteiger partial charge >= 0.3 is 0 Å². The van der Waals surface area contributed by atoms with E-state index in [4.69, 9.17) is 11.2 Å². The molecule has 0 aromatic heterocycles. The molecule has 0 aliphatic carbocycles. The second-order valence-electron chi connectivity index (χ2n) is 3.33. The summed E-state index contributed by atoms with van der Waals surface area (Å²) in [6.45, 7) is 4.65. The zero-order valence-electron chi connectivity index (χ0n) is 9.10. The van der Waals surface area contributed by atoms with Crippen LogP contribution in [-0.2, 0) is 4.74 Å². The van der Waals surface area contributed by atoms with E-state index in [0.717, 1.165) is 11.1 Å². The second kappa shape index (κ2) is 5.55. The highest BCUT2D eigenvalue weighted by atomic mass is 16.5. The van der Waals surface area contributed by atoms with E-state index in [-0.39, 0.29) is 6.10 Å². The summed E-state index contributed by atoms with van der Waals surface area (Å²) in [5.74, 6) is 2.28. The minimum atomic E-state index is -0.818. The third-order valence-corrected chi connectivity index (χ3v) is 2.30. The summed E-state index contributed by atoms with van der Waals surface area (Å²) in [6, 6.07) is 7.51. The van der Waals surface area contributed by atoms with Gasteiger partial charge in [-0.2, -0.15) is 0 Å². The first-order chi connectivity index (χ1) is 7.19. The van der Waals surface area contributed by atoms with Crippen LogP contribution in [0, 0.1) is 12.3 Å². The Morgan fingerprint density at radius 3 is 2.33 bits per heavy atom. The third-order valence-electron chi connectivity index (χ3n) is 2.30. The number of benzene rings is 1. The van der Waals surface area contributed by atoms with E-state index in [1.807, 2.05) is 38.1 Å². The first-order valence-electron chi connectivity index (χ1n) is 5.04. The van der Waals surface area contributed by atoms with Gasteiger partial charge in [0.05, 0.1) is 6.10 Å². The lowest BCUT2D eigenvalue weighted by molar-refractivity contribution is 0.0763. The number of aliphatic hydroxyl groups excluding tert-OH is 1. The van der Waals surface area contributed by atoms with Gasteiger partial charge in [0, 0.05) is 6.61 Å². The number of hydrogen-bond acceptors (Lipinski definition) is 2. The summed E-state index contributed by atoms with van der Waals surface area (Å²) in [6.07, 6.45) is 4.38. The van der Waals surface area contributed by atoms with Crippen molar-refractivity contribution in [1.82, 2.24) is 0 Å². The SMILES string of the molecule is C#CC(O)c1ccc(C(C)OCC)cc1. The summed E-state index contributed by atoms with van der Waals surface area (Å²) in [4.78, 5) is 0. The zero-order valence-corrected chi connectivity index (χ0v) is 9.10. The molecule has 2 atom stereocenters. The van der Waals surface area contributed by atoms with Crippen LogP contribution in [0.3, 0.4) is 0 Å². The maximum Gasteiger partial charge on any atom is 0.139 e. The van der Waals surface area contributed by atoms with Gasteiger partial charge in [-0.05, 0) is 25.0 Å². The summed E-state index contributed by atoms with van der Waals surface area (Å²) < 4.78 is 5.45. The van der Waals surface area contributed by atoms with Gasteiger partial charge in [0.15, 0.2) is 0 Å². The van der Waals surface area contributed by atoms with Crippen LogP contribution in [0.15, 0.2) is 24.3 Å². The van der Waals surface area contributed by atoms with Crippen LogP contribution in [-0.4, -0.2) is 11.7 Å². The Bertz CT molecular complexity index is 335. The van der Waals surface area contributed by atoms with E-state index in [1.165, 1.54) is 0 Å². The highest BCUT2D eigenvalue weighted by Crippen LogP contribution is 2.19. The Labute approximate surface area is 90.9 Å².